The van der Waals surface area contributed by atoms with Crippen LogP contribution in [0.25, 0.3) is 6.08 Å². The molecule has 0 unspecified atom stereocenters. The number of hydrogen-bond acceptors (Lipinski definition) is 5. The van der Waals surface area contributed by atoms with Crippen molar-refractivity contribution in [2.75, 3.05) is 18.6 Å². The molecule has 2 rings (SSSR count). The fourth-order valence-corrected chi connectivity index (χ4v) is 3.40. The van der Waals surface area contributed by atoms with Gasteiger partial charge in [0.2, 0.25) is 0 Å². The topological polar surface area (TPSA) is 33.2 Å². The molecule has 6 heteroatoms. The van der Waals surface area contributed by atoms with Crippen LogP contribution < -0.4 is 0 Å². The monoisotopic (exact) mass is 310 g/mol. The van der Waals surface area contributed by atoms with E-state index >= 15 is 0 Å². The largest absolute Gasteiger partial charge is 0.293 e. The number of thioether (sulfide) groups is 2. The van der Waals surface area contributed by atoms with Crippen molar-refractivity contribution in [2.45, 2.75) is 6.42 Å². The van der Waals surface area contributed by atoms with Crippen molar-refractivity contribution in [3.63, 3.8) is 0 Å². The molecule has 1 aliphatic rings. The molecule has 2 heterocycles. The Morgan fingerprint density at radius 1 is 1.58 bits per heavy atom. The summed E-state index contributed by atoms with van der Waals surface area (Å²) in [6.45, 7) is 0.704. The van der Waals surface area contributed by atoms with Crippen molar-refractivity contribution in [3.8, 4) is 0 Å². The Kier molecular flexibility index (Phi) is 5.42. The zero-order chi connectivity index (χ0) is 13.7. The van der Waals surface area contributed by atoms with Crippen LogP contribution in [0.1, 0.15) is 12.0 Å². The molecule has 100 valence electrons. The molecule has 1 saturated heterocycles. The van der Waals surface area contributed by atoms with Gasteiger partial charge < -0.3 is 0 Å². The first-order chi connectivity index (χ1) is 9.22. The highest BCUT2D eigenvalue weighted by atomic mass is 32.2. The van der Waals surface area contributed by atoms with Crippen LogP contribution in [0, 0.1) is 0 Å². The fourth-order valence-electron chi connectivity index (χ4n) is 1.67. The Morgan fingerprint density at radius 3 is 3.11 bits per heavy atom. The number of thiocarbonyl (C=S) groups is 1. The molecule has 0 spiro atoms. The Balaban J connectivity index is 2.07. The molecule has 1 fully saturated rings. The summed E-state index contributed by atoms with van der Waals surface area (Å²) >= 11 is 8.41. The van der Waals surface area contributed by atoms with Gasteiger partial charge in [-0.1, -0.05) is 30.0 Å². The van der Waals surface area contributed by atoms with E-state index in [4.69, 9.17) is 12.2 Å². The lowest BCUT2D eigenvalue weighted by Crippen LogP contribution is -2.29. The smallest absolute Gasteiger partial charge is 0.266 e. The highest BCUT2D eigenvalue weighted by Crippen LogP contribution is 2.32. The van der Waals surface area contributed by atoms with Gasteiger partial charge in [0.1, 0.15) is 4.32 Å². The van der Waals surface area contributed by atoms with E-state index in [-0.39, 0.29) is 5.91 Å². The van der Waals surface area contributed by atoms with Gasteiger partial charge in [0.25, 0.3) is 5.91 Å². The van der Waals surface area contributed by atoms with Crippen molar-refractivity contribution >= 4 is 52.0 Å². The highest BCUT2D eigenvalue weighted by molar-refractivity contribution is 8.26. The summed E-state index contributed by atoms with van der Waals surface area (Å²) in [5, 5.41) is 0. The number of pyridine rings is 1. The molecule has 1 aromatic rings. The second kappa shape index (κ2) is 7.07. The van der Waals surface area contributed by atoms with Crippen molar-refractivity contribution in [1.29, 1.82) is 0 Å². The van der Waals surface area contributed by atoms with Gasteiger partial charge in [-0.2, -0.15) is 11.8 Å². The molecular weight excluding hydrogens is 296 g/mol. The minimum Gasteiger partial charge on any atom is -0.293 e. The third-order valence-corrected chi connectivity index (χ3v) is 4.66. The average molecular weight is 310 g/mol. The number of aromatic nitrogens is 1. The van der Waals surface area contributed by atoms with Crippen LogP contribution in [0.3, 0.4) is 0 Å². The Morgan fingerprint density at radius 2 is 2.42 bits per heavy atom. The van der Waals surface area contributed by atoms with E-state index in [9.17, 15) is 4.79 Å². The van der Waals surface area contributed by atoms with Gasteiger partial charge in [0.15, 0.2) is 0 Å². The van der Waals surface area contributed by atoms with Gasteiger partial charge in [-0.25, -0.2) is 0 Å². The SMILES string of the molecule is CSCCCN1C(=O)C(=Cc2cccnc2)SC1=S. The van der Waals surface area contributed by atoms with Crippen molar-refractivity contribution in [3.05, 3.63) is 35.0 Å². The molecule has 0 N–H and O–H groups in total. The number of carbonyl (C=O) groups is 1. The fraction of sp³-hybridized carbons (Fsp3) is 0.308. The predicted octanol–water partition coefficient (Wildman–Crippen LogP) is 3.04. The number of amides is 1. The van der Waals surface area contributed by atoms with Crippen molar-refractivity contribution in [1.82, 2.24) is 9.88 Å². The van der Waals surface area contributed by atoms with E-state index < -0.39 is 0 Å². The summed E-state index contributed by atoms with van der Waals surface area (Å²) in [7, 11) is 0. The third kappa shape index (κ3) is 3.81. The second-order valence-electron chi connectivity index (χ2n) is 3.97. The van der Waals surface area contributed by atoms with Crippen LogP contribution in [0.15, 0.2) is 29.4 Å². The van der Waals surface area contributed by atoms with Gasteiger partial charge in [-0.05, 0) is 36.1 Å². The maximum Gasteiger partial charge on any atom is 0.266 e. The molecule has 1 amide bonds. The minimum absolute atomic E-state index is 0.0138. The first kappa shape index (κ1) is 14.6. The van der Waals surface area contributed by atoms with E-state index in [1.807, 2.05) is 18.2 Å². The maximum absolute atomic E-state index is 12.2. The third-order valence-electron chi connectivity index (χ3n) is 2.59. The lowest BCUT2D eigenvalue weighted by molar-refractivity contribution is -0.122. The van der Waals surface area contributed by atoms with E-state index in [1.54, 1.807) is 29.1 Å². The minimum atomic E-state index is 0.0138. The molecule has 3 nitrogen and oxygen atoms in total. The van der Waals surface area contributed by atoms with Crippen LogP contribution in [0.2, 0.25) is 0 Å². The van der Waals surface area contributed by atoms with E-state index in [0.29, 0.717) is 15.8 Å². The molecule has 0 radical (unpaired) electrons. The molecule has 1 aliphatic heterocycles. The van der Waals surface area contributed by atoms with Gasteiger partial charge >= 0.3 is 0 Å². The first-order valence-corrected chi connectivity index (χ1v) is 8.48. The zero-order valence-corrected chi connectivity index (χ0v) is 13.0. The summed E-state index contributed by atoms with van der Waals surface area (Å²) in [5.74, 6) is 1.05. The second-order valence-corrected chi connectivity index (χ2v) is 6.63. The average Bonchev–Trinajstić information content (AvgIpc) is 2.68. The van der Waals surface area contributed by atoms with Gasteiger partial charge in [0, 0.05) is 18.9 Å². The molecule has 1 aromatic heterocycles. The van der Waals surface area contributed by atoms with E-state index in [2.05, 4.69) is 11.2 Å². The quantitative estimate of drug-likeness (QED) is 0.474. The number of rotatable bonds is 5. The molecule has 0 saturated carbocycles. The zero-order valence-electron chi connectivity index (χ0n) is 10.5. The van der Waals surface area contributed by atoms with Crippen LogP contribution in [0.5, 0.6) is 0 Å². The van der Waals surface area contributed by atoms with Crippen molar-refractivity contribution in [2.24, 2.45) is 0 Å². The van der Waals surface area contributed by atoms with Gasteiger partial charge in [0.05, 0.1) is 4.91 Å². The summed E-state index contributed by atoms with van der Waals surface area (Å²) in [6, 6.07) is 3.78. The van der Waals surface area contributed by atoms with E-state index in [1.165, 1.54) is 11.8 Å². The molecular formula is C13H14N2OS3. The van der Waals surface area contributed by atoms with Crippen LogP contribution in [0.4, 0.5) is 0 Å². The van der Waals surface area contributed by atoms with Crippen molar-refractivity contribution < 1.29 is 4.79 Å². The van der Waals surface area contributed by atoms with Gasteiger partial charge in [-0.3, -0.25) is 14.7 Å². The van der Waals surface area contributed by atoms with Crippen LogP contribution in [-0.2, 0) is 4.79 Å². The lowest BCUT2D eigenvalue weighted by Gasteiger charge is -2.13. The lowest BCUT2D eigenvalue weighted by atomic mass is 10.2. The van der Waals surface area contributed by atoms with Crippen LogP contribution in [-0.4, -0.2) is 38.7 Å². The molecule has 0 aliphatic carbocycles. The first-order valence-electron chi connectivity index (χ1n) is 5.86. The predicted molar refractivity (Wildman–Crippen MR) is 87.1 cm³/mol. The van der Waals surface area contributed by atoms with E-state index in [0.717, 1.165) is 17.7 Å². The Hall–Kier alpha value is -0.850. The van der Waals surface area contributed by atoms with Crippen LogP contribution >= 0.6 is 35.7 Å². The maximum atomic E-state index is 12.2. The summed E-state index contributed by atoms with van der Waals surface area (Å²) in [6.07, 6.45) is 8.33. The molecule has 19 heavy (non-hydrogen) atoms. The summed E-state index contributed by atoms with van der Waals surface area (Å²) < 4.78 is 0.654. The number of hydrogen-bond donors (Lipinski definition) is 0. The normalized spacial score (nSPS) is 17.5. The number of carbonyl (C=O) groups excluding carboxylic acids is 1. The molecule has 0 atom stereocenters. The molecule has 0 aromatic carbocycles. The standard InChI is InChI=1S/C13H14N2OS3/c1-18-7-3-6-15-12(16)11(19-13(15)17)8-10-4-2-5-14-9-10/h2,4-5,8-9H,3,6-7H2,1H3. The Bertz CT molecular complexity index is 502. The summed E-state index contributed by atoms with van der Waals surface area (Å²) in [5.41, 5.74) is 0.923. The summed E-state index contributed by atoms with van der Waals surface area (Å²) in [4.78, 5) is 18.6. The number of nitrogens with zero attached hydrogens (tertiary/aromatic N) is 2. The van der Waals surface area contributed by atoms with Gasteiger partial charge in [-0.15, -0.1) is 0 Å². The molecule has 0 bridgehead atoms. The Labute approximate surface area is 126 Å². The highest BCUT2D eigenvalue weighted by Gasteiger charge is 2.31.